The van der Waals surface area contributed by atoms with E-state index in [0.29, 0.717) is 41.0 Å². The van der Waals surface area contributed by atoms with E-state index in [-0.39, 0.29) is 42.0 Å². The summed E-state index contributed by atoms with van der Waals surface area (Å²) in [7, 11) is 4.34. The molecule has 0 fully saturated rings. The number of aryl methyl sites for hydroxylation is 1. The van der Waals surface area contributed by atoms with E-state index < -0.39 is 65.7 Å². The highest BCUT2D eigenvalue weighted by atomic mass is 16.5. The third-order valence-electron chi connectivity index (χ3n) is 9.64. The average Bonchev–Trinajstić information content (AvgIpc) is 3.20. The van der Waals surface area contributed by atoms with Gasteiger partial charge >= 0.3 is 0 Å². The minimum absolute atomic E-state index is 0.0193. The van der Waals surface area contributed by atoms with Gasteiger partial charge in [-0.3, -0.25) is 28.8 Å². The van der Waals surface area contributed by atoms with Gasteiger partial charge < -0.3 is 45.5 Å². The van der Waals surface area contributed by atoms with Crippen LogP contribution in [-0.2, 0) is 28.0 Å². The number of carbonyl (C=O) groups is 5. The zero-order valence-electron chi connectivity index (χ0n) is 33.3. The lowest BCUT2D eigenvalue weighted by Crippen LogP contribution is -2.59. The van der Waals surface area contributed by atoms with Crippen LogP contribution in [0.15, 0.2) is 65.5 Å². The average molecular weight is 800 g/mol. The van der Waals surface area contributed by atoms with Gasteiger partial charge in [0.25, 0.3) is 17.4 Å². The van der Waals surface area contributed by atoms with Gasteiger partial charge in [0.05, 0.1) is 44.4 Å². The van der Waals surface area contributed by atoms with E-state index in [0.717, 1.165) is 4.68 Å². The fraction of sp³-hybridized carbons (Fsp3) is 0.390. The Morgan fingerprint density at radius 2 is 1.57 bits per heavy atom. The van der Waals surface area contributed by atoms with Crippen LogP contribution < -0.4 is 41.0 Å². The standard InChI is InChI=1S/C41H49N7O10/c1-23(2)34-38(52)43-21-28-29(56-5)14-11-15-30(28)58-32-20-25(16-17-31(32)57-6)37(51)42-18-9-10-19-48(22-33(50)44-35(24(3)49)39(53)45-34)41(55)36-26-12-7-8-13-27(26)40(54)47(4)46-36/h7-8,11-17,20,23-24,34-35,49H,9-10,18-19,21-22H2,1-6H3,(H,42,51)(H,43,52)(H,44,50)(H,45,53)/t24-,34-,35+/m1/s1. The highest BCUT2D eigenvalue weighted by Gasteiger charge is 2.33. The molecule has 0 saturated heterocycles. The van der Waals surface area contributed by atoms with E-state index in [4.69, 9.17) is 14.2 Å². The molecule has 0 saturated carbocycles. The molecule has 3 aromatic carbocycles. The van der Waals surface area contributed by atoms with Crippen molar-refractivity contribution in [2.45, 2.75) is 58.3 Å². The summed E-state index contributed by atoms with van der Waals surface area (Å²) in [5.41, 5.74) is 0.254. The van der Waals surface area contributed by atoms with Gasteiger partial charge in [0, 0.05) is 31.1 Å². The second-order valence-electron chi connectivity index (χ2n) is 14.2. The first kappa shape index (κ1) is 42.6. The number of hydrogen-bond acceptors (Lipinski definition) is 11. The van der Waals surface area contributed by atoms with Crippen LogP contribution in [0.1, 0.15) is 60.0 Å². The molecule has 4 aromatic rings. The largest absolute Gasteiger partial charge is 0.496 e. The number of nitrogens with zero attached hydrogens (tertiary/aromatic N) is 3. The molecule has 58 heavy (non-hydrogen) atoms. The van der Waals surface area contributed by atoms with Crippen LogP contribution >= 0.6 is 0 Å². The van der Waals surface area contributed by atoms with E-state index in [2.05, 4.69) is 26.4 Å². The summed E-state index contributed by atoms with van der Waals surface area (Å²) in [6.07, 6.45) is -0.689. The van der Waals surface area contributed by atoms with Gasteiger partial charge in [0.2, 0.25) is 17.7 Å². The fourth-order valence-electron chi connectivity index (χ4n) is 6.48. The number of rotatable bonds is 5. The smallest absolute Gasteiger partial charge is 0.275 e. The monoisotopic (exact) mass is 799 g/mol. The molecule has 2 heterocycles. The molecule has 5 amide bonds. The van der Waals surface area contributed by atoms with Crippen molar-refractivity contribution in [3.05, 3.63) is 87.8 Å². The van der Waals surface area contributed by atoms with E-state index in [1.165, 1.54) is 39.2 Å². The lowest BCUT2D eigenvalue weighted by molar-refractivity contribution is -0.135. The van der Waals surface area contributed by atoms with Crippen molar-refractivity contribution in [2.24, 2.45) is 13.0 Å². The summed E-state index contributed by atoms with van der Waals surface area (Å²) in [4.78, 5) is 82.6. The molecule has 0 radical (unpaired) electrons. The van der Waals surface area contributed by atoms with Crippen molar-refractivity contribution in [3.63, 3.8) is 0 Å². The Labute approximate surface area is 335 Å². The van der Waals surface area contributed by atoms with Crippen LogP contribution in [0.25, 0.3) is 10.8 Å². The molecule has 17 heteroatoms. The number of nitrogens with one attached hydrogen (secondary N) is 4. The minimum Gasteiger partial charge on any atom is -0.496 e. The Bertz CT molecular complexity index is 2240. The molecule has 5 rings (SSSR count). The molecule has 3 atom stereocenters. The zero-order valence-corrected chi connectivity index (χ0v) is 33.3. The predicted octanol–water partition coefficient (Wildman–Crippen LogP) is 2.03. The summed E-state index contributed by atoms with van der Waals surface area (Å²) in [5, 5.41) is 26.4. The van der Waals surface area contributed by atoms with Crippen LogP contribution in [0.4, 0.5) is 0 Å². The normalized spacial score (nSPS) is 18.2. The van der Waals surface area contributed by atoms with Gasteiger partial charge in [-0.25, -0.2) is 4.68 Å². The van der Waals surface area contributed by atoms with Crippen molar-refractivity contribution < 1.29 is 43.3 Å². The first-order chi connectivity index (χ1) is 27.7. The van der Waals surface area contributed by atoms with Crippen LogP contribution in [0.2, 0.25) is 0 Å². The highest BCUT2D eigenvalue weighted by Crippen LogP contribution is 2.37. The van der Waals surface area contributed by atoms with Gasteiger partial charge in [-0.05, 0) is 62.1 Å². The number of hydrogen-bond donors (Lipinski definition) is 5. The lowest BCUT2D eigenvalue weighted by atomic mass is 10.0. The molecule has 17 nitrogen and oxygen atoms in total. The number of amides is 5. The summed E-state index contributed by atoms with van der Waals surface area (Å²) < 4.78 is 18.4. The second-order valence-corrected chi connectivity index (χ2v) is 14.2. The zero-order chi connectivity index (χ0) is 42.1. The highest BCUT2D eigenvalue weighted by molar-refractivity contribution is 6.06. The molecular weight excluding hydrogens is 750 g/mol. The van der Waals surface area contributed by atoms with E-state index >= 15 is 0 Å². The van der Waals surface area contributed by atoms with Crippen molar-refractivity contribution in [1.82, 2.24) is 35.9 Å². The molecule has 5 N–H and O–H groups in total. The Hall–Kier alpha value is -6.49. The summed E-state index contributed by atoms with van der Waals surface area (Å²) in [6, 6.07) is 13.6. The molecule has 1 aromatic heterocycles. The Morgan fingerprint density at radius 1 is 0.845 bits per heavy atom. The lowest BCUT2D eigenvalue weighted by Gasteiger charge is -2.28. The molecule has 0 spiro atoms. The fourth-order valence-corrected chi connectivity index (χ4v) is 6.48. The molecule has 1 aliphatic heterocycles. The molecule has 308 valence electrons. The first-order valence-corrected chi connectivity index (χ1v) is 18.8. The van der Waals surface area contributed by atoms with Crippen molar-refractivity contribution in [3.8, 4) is 23.0 Å². The van der Waals surface area contributed by atoms with Gasteiger partial charge in [-0.1, -0.05) is 38.1 Å². The molecule has 2 bridgehead atoms. The maximum absolute atomic E-state index is 14.2. The molecule has 0 aliphatic carbocycles. The number of aliphatic hydroxyl groups excluding tert-OH is 1. The van der Waals surface area contributed by atoms with Crippen LogP contribution in [0, 0.1) is 5.92 Å². The number of benzene rings is 3. The van der Waals surface area contributed by atoms with Gasteiger partial charge in [-0.15, -0.1) is 0 Å². The van der Waals surface area contributed by atoms with Gasteiger partial charge in [0.15, 0.2) is 17.2 Å². The predicted molar refractivity (Wildman–Crippen MR) is 213 cm³/mol. The Morgan fingerprint density at radius 3 is 2.26 bits per heavy atom. The third kappa shape index (κ3) is 9.90. The van der Waals surface area contributed by atoms with Crippen molar-refractivity contribution in [1.29, 1.82) is 0 Å². The molecular formula is C41H49N7O10. The summed E-state index contributed by atoms with van der Waals surface area (Å²) in [5.74, 6) is -2.43. The SMILES string of the molecule is COc1ccc2cc1Oc1cccc(OC)c1CNC(=O)[C@@H](C(C)C)NC(=O)[C@H]([C@@H](C)O)NC(=O)CN(C(=O)c1nn(C)c(=O)c3ccccc13)CCCCNC2=O. The number of fused-ring (bicyclic) bond motifs is 4. The van der Waals surface area contributed by atoms with E-state index in [1.54, 1.807) is 68.4 Å². The van der Waals surface area contributed by atoms with E-state index in [1.807, 2.05) is 0 Å². The number of ether oxygens (including phenoxy) is 3. The Kier molecular flexibility index (Phi) is 14.0. The van der Waals surface area contributed by atoms with Crippen LogP contribution in [-0.4, -0.2) is 101 Å². The van der Waals surface area contributed by atoms with E-state index in [9.17, 15) is 33.9 Å². The maximum Gasteiger partial charge on any atom is 0.275 e. The number of methoxy groups -OCH3 is 2. The number of aliphatic hydroxyl groups is 1. The third-order valence-corrected chi connectivity index (χ3v) is 9.64. The maximum atomic E-state index is 14.2. The second kappa shape index (κ2) is 19.1. The number of carbonyl (C=O) groups excluding carboxylic acids is 5. The molecule has 1 aliphatic rings. The van der Waals surface area contributed by atoms with Gasteiger partial charge in [-0.2, -0.15) is 5.10 Å². The topological polar surface area (TPSA) is 220 Å². The molecule has 0 unspecified atom stereocenters. The minimum atomic E-state index is -1.51. The van der Waals surface area contributed by atoms with Crippen molar-refractivity contribution in [2.75, 3.05) is 33.9 Å². The van der Waals surface area contributed by atoms with Crippen molar-refractivity contribution >= 4 is 40.3 Å². The van der Waals surface area contributed by atoms with Crippen LogP contribution in [0.5, 0.6) is 23.0 Å². The summed E-state index contributed by atoms with van der Waals surface area (Å²) >= 11 is 0. The summed E-state index contributed by atoms with van der Waals surface area (Å²) in [6.45, 7) is 4.34. The quantitative estimate of drug-likeness (QED) is 0.197. The first-order valence-electron chi connectivity index (χ1n) is 18.8. The van der Waals surface area contributed by atoms with Gasteiger partial charge in [0.1, 0.15) is 23.6 Å². The number of aromatic nitrogens is 2. The van der Waals surface area contributed by atoms with Crippen LogP contribution in [0.3, 0.4) is 0 Å². The Balaban J connectivity index is 1.50.